The molecular formula is C11H20N2O5S2. The third-order valence-electron chi connectivity index (χ3n) is 2.63. The topological polar surface area (TPSA) is 96.7 Å². The summed E-state index contributed by atoms with van der Waals surface area (Å²) < 4.78 is 52.7. The zero-order chi connectivity index (χ0) is 15.4. The maximum absolute atomic E-state index is 12.2. The van der Waals surface area contributed by atoms with Crippen LogP contribution in [0.3, 0.4) is 0 Å². The molecule has 7 nitrogen and oxygen atoms in total. The number of sulfone groups is 1. The standard InChI is InChI=1S/C11H20N2O5S2/c1-4-12-9-10-5-6-11(18-10)20(16,17)13(2)7-8-19(3,14)15/h5-6,12H,4,7-9H2,1-3H3. The number of sulfonamides is 1. The fourth-order valence-corrected chi connectivity index (χ4v) is 3.22. The van der Waals surface area contributed by atoms with Crippen LogP contribution in [0.5, 0.6) is 0 Å². The van der Waals surface area contributed by atoms with Crippen LogP contribution in [0.4, 0.5) is 0 Å². The van der Waals surface area contributed by atoms with Crippen LogP contribution < -0.4 is 5.32 Å². The molecule has 1 aromatic rings. The molecule has 0 spiro atoms. The molecule has 1 rings (SSSR count). The van der Waals surface area contributed by atoms with Gasteiger partial charge in [0.25, 0.3) is 10.0 Å². The van der Waals surface area contributed by atoms with E-state index in [0.29, 0.717) is 12.3 Å². The quantitative estimate of drug-likeness (QED) is 0.726. The Morgan fingerprint density at radius 2 is 1.90 bits per heavy atom. The summed E-state index contributed by atoms with van der Waals surface area (Å²) in [5, 5.41) is 2.84. The minimum atomic E-state index is -3.79. The molecule has 0 unspecified atom stereocenters. The van der Waals surface area contributed by atoms with Gasteiger partial charge in [0.2, 0.25) is 5.09 Å². The summed E-state index contributed by atoms with van der Waals surface area (Å²) in [7, 11) is -5.68. The first-order valence-corrected chi connectivity index (χ1v) is 9.60. The van der Waals surface area contributed by atoms with Crippen molar-refractivity contribution in [1.29, 1.82) is 0 Å². The van der Waals surface area contributed by atoms with E-state index in [1.807, 2.05) is 6.92 Å². The molecular weight excluding hydrogens is 304 g/mol. The second-order valence-electron chi connectivity index (χ2n) is 4.46. The number of nitrogens with one attached hydrogen (secondary N) is 1. The molecule has 1 heterocycles. The number of hydrogen-bond donors (Lipinski definition) is 1. The molecule has 0 fully saturated rings. The van der Waals surface area contributed by atoms with Crippen molar-refractivity contribution in [2.75, 3.05) is 32.1 Å². The monoisotopic (exact) mass is 324 g/mol. The highest BCUT2D eigenvalue weighted by Gasteiger charge is 2.25. The number of nitrogens with zero attached hydrogens (tertiary/aromatic N) is 1. The number of furan rings is 1. The Bertz CT molecular complexity index is 634. The maximum Gasteiger partial charge on any atom is 0.276 e. The van der Waals surface area contributed by atoms with Gasteiger partial charge in [0.05, 0.1) is 12.3 Å². The van der Waals surface area contributed by atoms with Crippen LogP contribution in [0.25, 0.3) is 0 Å². The van der Waals surface area contributed by atoms with Crippen LogP contribution in [-0.2, 0) is 26.4 Å². The Morgan fingerprint density at radius 3 is 2.45 bits per heavy atom. The Balaban J connectivity index is 2.79. The Morgan fingerprint density at radius 1 is 1.25 bits per heavy atom. The van der Waals surface area contributed by atoms with Gasteiger partial charge in [-0.3, -0.25) is 0 Å². The van der Waals surface area contributed by atoms with E-state index in [0.717, 1.165) is 17.1 Å². The van der Waals surface area contributed by atoms with Crippen molar-refractivity contribution in [3.8, 4) is 0 Å². The van der Waals surface area contributed by atoms with Crippen LogP contribution in [0.15, 0.2) is 21.6 Å². The third kappa shape index (κ3) is 4.89. The van der Waals surface area contributed by atoms with E-state index in [-0.39, 0.29) is 17.4 Å². The summed E-state index contributed by atoms with van der Waals surface area (Å²) in [5.74, 6) is 0.287. The Kier molecular flexibility index (Phi) is 5.75. The van der Waals surface area contributed by atoms with Crippen molar-refractivity contribution in [3.63, 3.8) is 0 Å². The summed E-state index contributed by atoms with van der Waals surface area (Å²) in [6.45, 7) is 3.01. The third-order valence-corrected chi connectivity index (χ3v) is 5.28. The average molecular weight is 324 g/mol. The zero-order valence-corrected chi connectivity index (χ0v) is 13.4. The zero-order valence-electron chi connectivity index (χ0n) is 11.8. The molecule has 9 heteroatoms. The molecule has 0 atom stereocenters. The lowest BCUT2D eigenvalue weighted by molar-refractivity contribution is 0.384. The predicted molar refractivity (Wildman–Crippen MR) is 75.6 cm³/mol. The lowest BCUT2D eigenvalue weighted by atomic mass is 10.4. The van der Waals surface area contributed by atoms with Crippen LogP contribution in [0.2, 0.25) is 0 Å². The molecule has 0 saturated carbocycles. The van der Waals surface area contributed by atoms with E-state index < -0.39 is 19.9 Å². The second-order valence-corrected chi connectivity index (χ2v) is 8.69. The largest absolute Gasteiger partial charge is 0.447 e. The molecule has 0 aliphatic carbocycles. The second kappa shape index (κ2) is 6.70. The predicted octanol–water partition coefficient (Wildman–Crippen LogP) is 0.0542. The maximum atomic E-state index is 12.2. The van der Waals surface area contributed by atoms with Gasteiger partial charge in [-0.2, -0.15) is 4.31 Å². The van der Waals surface area contributed by atoms with E-state index in [4.69, 9.17) is 4.42 Å². The van der Waals surface area contributed by atoms with Gasteiger partial charge >= 0.3 is 0 Å². The molecule has 0 aliphatic heterocycles. The fraction of sp³-hybridized carbons (Fsp3) is 0.636. The molecule has 0 saturated heterocycles. The van der Waals surface area contributed by atoms with Gasteiger partial charge in [0.15, 0.2) is 0 Å². The van der Waals surface area contributed by atoms with Gasteiger partial charge in [0.1, 0.15) is 15.6 Å². The van der Waals surface area contributed by atoms with Crippen molar-refractivity contribution < 1.29 is 21.3 Å². The fourth-order valence-electron chi connectivity index (χ4n) is 1.41. The van der Waals surface area contributed by atoms with Gasteiger partial charge in [0, 0.05) is 19.8 Å². The molecule has 116 valence electrons. The first kappa shape index (κ1) is 17.2. The summed E-state index contributed by atoms with van der Waals surface area (Å²) in [6.07, 6.45) is 1.06. The minimum absolute atomic E-state index is 0.107. The van der Waals surface area contributed by atoms with E-state index in [1.54, 1.807) is 6.07 Å². The average Bonchev–Trinajstić information content (AvgIpc) is 2.81. The van der Waals surface area contributed by atoms with Gasteiger partial charge < -0.3 is 9.73 Å². The Labute approximate surface area is 119 Å². The molecule has 0 aromatic carbocycles. The van der Waals surface area contributed by atoms with Gasteiger partial charge in [-0.05, 0) is 18.7 Å². The molecule has 1 aromatic heterocycles. The SMILES string of the molecule is CCNCc1ccc(S(=O)(=O)N(C)CCS(C)(=O)=O)o1. The van der Waals surface area contributed by atoms with Crippen LogP contribution >= 0.6 is 0 Å². The smallest absolute Gasteiger partial charge is 0.276 e. The van der Waals surface area contributed by atoms with Gasteiger partial charge in [-0.15, -0.1) is 0 Å². The van der Waals surface area contributed by atoms with Crippen molar-refractivity contribution in [2.24, 2.45) is 0 Å². The highest BCUT2D eigenvalue weighted by molar-refractivity contribution is 7.91. The highest BCUT2D eigenvalue weighted by atomic mass is 32.2. The summed E-state index contributed by atoms with van der Waals surface area (Å²) in [5.41, 5.74) is 0. The minimum Gasteiger partial charge on any atom is -0.447 e. The van der Waals surface area contributed by atoms with E-state index in [1.165, 1.54) is 13.1 Å². The summed E-state index contributed by atoms with van der Waals surface area (Å²) in [4.78, 5) is 0. The normalized spacial score (nSPS) is 13.0. The van der Waals surface area contributed by atoms with Crippen molar-refractivity contribution in [1.82, 2.24) is 9.62 Å². The summed E-state index contributed by atoms with van der Waals surface area (Å²) in [6, 6.07) is 2.96. The molecule has 0 amide bonds. The van der Waals surface area contributed by atoms with Crippen LogP contribution in [-0.4, -0.2) is 53.3 Å². The molecule has 20 heavy (non-hydrogen) atoms. The number of rotatable bonds is 8. The van der Waals surface area contributed by atoms with Gasteiger partial charge in [-0.1, -0.05) is 6.92 Å². The molecule has 0 bridgehead atoms. The summed E-state index contributed by atoms with van der Waals surface area (Å²) >= 11 is 0. The first-order valence-electron chi connectivity index (χ1n) is 6.10. The lowest BCUT2D eigenvalue weighted by Gasteiger charge is -2.14. The van der Waals surface area contributed by atoms with Crippen LogP contribution in [0, 0.1) is 0 Å². The highest BCUT2D eigenvalue weighted by Crippen LogP contribution is 2.17. The van der Waals surface area contributed by atoms with E-state index in [2.05, 4.69) is 5.32 Å². The molecule has 0 radical (unpaired) electrons. The van der Waals surface area contributed by atoms with Crippen molar-refractivity contribution >= 4 is 19.9 Å². The van der Waals surface area contributed by atoms with Crippen LogP contribution in [0.1, 0.15) is 12.7 Å². The molecule has 1 N–H and O–H groups in total. The first-order chi connectivity index (χ1) is 9.16. The van der Waals surface area contributed by atoms with Gasteiger partial charge in [-0.25, -0.2) is 16.8 Å². The van der Waals surface area contributed by atoms with E-state index >= 15 is 0 Å². The molecule has 0 aliphatic rings. The van der Waals surface area contributed by atoms with Crippen molar-refractivity contribution in [3.05, 3.63) is 17.9 Å². The number of hydrogen-bond acceptors (Lipinski definition) is 6. The lowest BCUT2D eigenvalue weighted by Crippen LogP contribution is -2.31. The Hall–Kier alpha value is -0.900. The van der Waals surface area contributed by atoms with E-state index in [9.17, 15) is 16.8 Å². The van der Waals surface area contributed by atoms with Crippen molar-refractivity contribution in [2.45, 2.75) is 18.6 Å².